The summed E-state index contributed by atoms with van der Waals surface area (Å²) in [6.45, 7) is 1.45. The molecular formula is C19H17N3O2. The van der Waals surface area contributed by atoms with Crippen LogP contribution >= 0.6 is 0 Å². The first-order valence-electron chi connectivity index (χ1n) is 7.57. The minimum atomic E-state index is -0.352. The van der Waals surface area contributed by atoms with Crippen LogP contribution in [-0.2, 0) is 4.79 Å². The van der Waals surface area contributed by atoms with Gasteiger partial charge in [0.05, 0.1) is 11.2 Å². The van der Waals surface area contributed by atoms with Crippen molar-refractivity contribution in [3.05, 3.63) is 66.4 Å². The maximum atomic E-state index is 12.7. The lowest BCUT2D eigenvalue weighted by Crippen LogP contribution is -2.27. The van der Waals surface area contributed by atoms with E-state index < -0.39 is 0 Å². The smallest absolute Gasteiger partial charge is 0.276 e. The lowest BCUT2D eigenvalue weighted by atomic mass is 10.1. The Balaban J connectivity index is 2.08. The lowest BCUT2D eigenvalue weighted by molar-refractivity contribution is -0.116. The Morgan fingerprint density at radius 2 is 1.67 bits per heavy atom. The average molecular weight is 319 g/mol. The topological polar surface area (TPSA) is 62.3 Å². The molecule has 0 saturated carbocycles. The Bertz CT molecular complexity index is 907. The fraction of sp³-hybridized carbons (Fsp3) is 0.105. The number of carbonyl (C=O) groups is 2. The number of pyridine rings is 1. The van der Waals surface area contributed by atoms with E-state index in [0.717, 1.165) is 5.39 Å². The van der Waals surface area contributed by atoms with Crippen LogP contribution in [0.2, 0.25) is 0 Å². The summed E-state index contributed by atoms with van der Waals surface area (Å²) in [5.41, 5.74) is 2.08. The second-order valence-electron chi connectivity index (χ2n) is 5.45. The molecule has 0 aliphatic heterocycles. The van der Waals surface area contributed by atoms with E-state index in [9.17, 15) is 9.59 Å². The molecule has 0 unspecified atom stereocenters. The van der Waals surface area contributed by atoms with Crippen molar-refractivity contribution < 1.29 is 9.59 Å². The van der Waals surface area contributed by atoms with Gasteiger partial charge < -0.3 is 10.2 Å². The summed E-state index contributed by atoms with van der Waals surface area (Å²) < 4.78 is 0. The molecule has 1 aromatic heterocycles. The summed E-state index contributed by atoms with van der Waals surface area (Å²) in [5.74, 6) is -0.518. The Hall–Kier alpha value is -3.21. The van der Waals surface area contributed by atoms with E-state index in [-0.39, 0.29) is 17.5 Å². The second-order valence-corrected chi connectivity index (χ2v) is 5.45. The maximum absolute atomic E-state index is 12.7. The van der Waals surface area contributed by atoms with Crippen LogP contribution in [0.25, 0.3) is 10.9 Å². The van der Waals surface area contributed by atoms with Crippen molar-refractivity contribution >= 4 is 34.1 Å². The van der Waals surface area contributed by atoms with Gasteiger partial charge in [-0.3, -0.25) is 9.59 Å². The van der Waals surface area contributed by atoms with Crippen molar-refractivity contribution in [1.82, 2.24) is 4.98 Å². The second kappa shape index (κ2) is 6.50. The van der Waals surface area contributed by atoms with Crippen molar-refractivity contribution in [1.29, 1.82) is 0 Å². The number of hydrogen-bond acceptors (Lipinski definition) is 3. The minimum Gasteiger partial charge on any atom is -0.321 e. The van der Waals surface area contributed by atoms with Crippen LogP contribution in [0.1, 0.15) is 17.4 Å². The van der Waals surface area contributed by atoms with Gasteiger partial charge in [0.25, 0.3) is 5.91 Å². The van der Waals surface area contributed by atoms with Gasteiger partial charge in [-0.1, -0.05) is 36.4 Å². The zero-order valence-electron chi connectivity index (χ0n) is 13.5. The van der Waals surface area contributed by atoms with Crippen molar-refractivity contribution in [2.24, 2.45) is 0 Å². The quantitative estimate of drug-likeness (QED) is 0.804. The highest BCUT2D eigenvalue weighted by Gasteiger charge is 2.19. The third kappa shape index (κ3) is 3.10. The molecule has 0 atom stereocenters. The van der Waals surface area contributed by atoms with E-state index in [2.05, 4.69) is 10.3 Å². The molecule has 2 aromatic carbocycles. The third-order valence-corrected chi connectivity index (χ3v) is 3.78. The lowest BCUT2D eigenvalue weighted by Gasteiger charge is -2.19. The van der Waals surface area contributed by atoms with Gasteiger partial charge in [0.15, 0.2) is 5.69 Å². The first kappa shape index (κ1) is 15.7. The van der Waals surface area contributed by atoms with Crippen LogP contribution < -0.4 is 10.2 Å². The van der Waals surface area contributed by atoms with Crippen molar-refractivity contribution in [2.45, 2.75) is 6.92 Å². The van der Waals surface area contributed by atoms with Crippen molar-refractivity contribution in [3.8, 4) is 0 Å². The molecule has 1 N–H and O–H groups in total. The summed E-state index contributed by atoms with van der Waals surface area (Å²) in [6, 6.07) is 18.5. The molecule has 5 heteroatoms. The van der Waals surface area contributed by atoms with E-state index in [0.29, 0.717) is 16.9 Å². The highest BCUT2D eigenvalue weighted by molar-refractivity contribution is 6.10. The predicted molar refractivity (Wildman–Crippen MR) is 95.2 cm³/mol. The molecule has 2 amide bonds. The van der Waals surface area contributed by atoms with Gasteiger partial charge in [0, 0.05) is 25.0 Å². The van der Waals surface area contributed by atoms with Gasteiger partial charge in [-0.2, -0.15) is 0 Å². The molecule has 3 aromatic rings. The zero-order valence-corrected chi connectivity index (χ0v) is 13.5. The molecule has 120 valence electrons. The van der Waals surface area contributed by atoms with Crippen LogP contribution in [0.5, 0.6) is 0 Å². The fourth-order valence-electron chi connectivity index (χ4n) is 2.41. The molecule has 5 nitrogen and oxygen atoms in total. The standard InChI is InChI=1S/C19H17N3O2/c1-13(23)22(2)17-12-14-8-6-7-11-16(14)21-18(17)19(24)20-15-9-4-3-5-10-15/h3-12H,1-2H3,(H,20,24). The number of carbonyl (C=O) groups excluding carboxylic acids is 2. The van der Waals surface area contributed by atoms with Gasteiger partial charge in [0.2, 0.25) is 5.91 Å². The van der Waals surface area contributed by atoms with Crippen LogP contribution in [0.3, 0.4) is 0 Å². The number of anilines is 2. The largest absolute Gasteiger partial charge is 0.321 e. The van der Waals surface area contributed by atoms with E-state index in [1.807, 2.05) is 48.5 Å². The molecular weight excluding hydrogens is 302 g/mol. The molecule has 24 heavy (non-hydrogen) atoms. The normalized spacial score (nSPS) is 10.4. The first-order chi connectivity index (χ1) is 11.6. The summed E-state index contributed by atoms with van der Waals surface area (Å²) in [6.07, 6.45) is 0. The number of hydrogen-bond donors (Lipinski definition) is 1. The minimum absolute atomic E-state index is 0.166. The van der Waals surface area contributed by atoms with Gasteiger partial charge in [-0.15, -0.1) is 0 Å². The summed E-state index contributed by atoms with van der Waals surface area (Å²) in [4.78, 5) is 30.4. The van der Waals surface area contributed by atoms with Crippen molar-refractivity contribution in [2.75, 3.05) is 17.3 Å². The van der Waals surface area contributed by atoms with Gasteiger partial charge in [0.1, 0.15) is 0 Å². The molecule has 0 saturated heterocycles. The molecule has 0 spiro atoms. The van der Waals surface area contributed by atoms with Crippen molar-refractivity contribution in [3.63, 3.8) is 0 Å². The molecule has 1 heterocycles. The van der Waals surface area contributed by atoms with Gasteiger partial charge in [-0.25, -0.2) is 4.98 Å². The molecule has 0 radical (unpaired) electrons. The summed E-state index contributed by atoms with van der Waals surface area (Å²) in [7, 11) is 1.63. The number of benzene rings is 2. The molecule has 0 fully saturated rings. The predicted octanol–water partition coefficient (Wildman–Crippen LogP) is 3.47. The monoisotopic (exact) mass is 319 g/mol. The highest BCUT2D eigenvalue weighted by atomic mass is 16.2. The van der Waals surface area contributed by atoms with Crippen LogP contribution in [0, 0.1) is 0 Å². The summed E-state index contributed by atoms with van der Waals surface area (Å²) >= 11 is 0. The Morgan fingerprint density at radius 1 is 1.00 bits per heavy atom. The van der Waals surface area contributed by atoms with Gasteiger partial charge >= 0.3 is 0 Å². The number of nitrogens with one attached hydrogen (secondary N) is 1. The molecule has 0 aliphatic carbocycles. The van der Waals surface area contributed by atoms with E-state index in [4.69, 9.17) is 0 Å². The fourth-order valence-corrected chi connectivity index (χ4v) is 2.41. The molecule has 0 aliphatic rings. The number of amides is 2. The Morgan fingerprint density at radius 3 is 2.38 bits per heavy atom. The van der Waals surface area contributed by atoms with Gasteiger partial charge in [-0.05, 0) is 24.3 Å². The SMILES string of the molecule is CC(=O)N(C)c1cc2ccccc2nc1C(=O)Nc1ccccc1. The average Bonchev–Trinajstić information content (AvgIpc) is 2.60. The van der Waals surface area contributed by atoms with Crippen LogP contribution in [0.4, 0.5) is 11.4 Å². The number of rotatable bonds is 3. The maximum Gasteiger partial charge on any atom is 0.276 e. The first-order valence-corrected chi connectivity index (χ1v) is 7.57. The van der Waals surface area contributed by atoms with E-state index >= 15 is 0 Å². The summed E-state index contributed by atoms with van der Waals surface area (Å²) in [5, 5.41) is 3.69. The third-order valence-electron chi connectivity index (χ3n) is 3.78. The van der Waals surface area contributed by atoms with E-state index in [1.54, 1.807) is 19.2 Å². The van der Waals surface area contributed by atoms with Crippen LogP contribution in [-0.4, -0.2) is 23.8 Å². The highest BCUT2D eigenvalue weighted by Crippen LogP contribution is 2.25. The number of nitrogens with zero attached hydrogens (tertiary/aromatic N) is 2. The zero-order chi connectivity index (χ0) is 17.1. The number of fused-ring (bicyclic) bond motifs is 1. The Labute approximate surface area is 139 Å². The Kier molecular flexibility index (Phi) is 4.24. The molecule has 3 rings (SSSR count). The number of para-hydroxylation sites is 2. The molecule has 0 bridgehead atoms. The van der Waals surface area contributed by atoms with Crippen LogP contribution in [0.15, 0.2) is 60.7 Å². The number of aromatic nitrogens is 1. The van der Waals surface area contributed by atoms with E-state index in [1.165, 1.54) is 11.8 Å².